The molecule has 1 atom stereocenters. The van der Waals surface area contributed by atoms with E-state index in [1.54, 1.807) is 4.57 Å². The summed E-state index contributed by atoms with van der Waals surface area (Å²) in [6.45, 7) is 1.95. The van der Waals surface area contributed by atoms with Crippen LogP contribution in [0.15, 0.2) is 15.7 Å². The van der Waals surface area contributed by atoms with Crippen LogP contribution in [0, 0.1) is 11.6 Å². The molecule has 0 amide bonds. The van der Waals surface area contributed by atoms with E-state index in [0.717, 1.165) is 17.6 Å². The van der Waals surface area contributed by atoms with E-state index in [1.165, 1.54) is 0 Å². The maximum atomic E-state index is 13.9. The largest absolute Gasteiger partial charge is 0.486 e. The minimum Gasteiger partial charge on any atom is -0.486 e. The van der Waals surface area contributed by atoms with Crippen LogP contribution in [-0.2, 0) is 0 Å². The fourth-order valence-corrected chi connectivity index (χ4v) is 3.68. The molecule has 1 N–H and O–H groups in total. The lowest BCUT2D eigenvalue weighted by Gasteiger charge is -2.27. The molecule has 5 nitrogen and oxygen atoms in total. The molecular formula is C13H8F2N2O3S. The smallest absolute Gasteiger partial charge is 0.271 e. The molecule has 3 aromatic rings. The van der Waals surface area contributed by atoms with Crippen molar-refractivity contribution in [2.75, 3.05) is 6.61 Å². The Bertz CT molecular complexity index is 1030. The molecule has 0 radical (unpaired) electrons. The van der Waals surface area contributed by atoms with E-state index in [0.29, 0.717) is 4.83 Å². The third kappa shape index (κ3) is 1.42. The molecule has 0 saturated heterocycles. The zero-order valence-electron chi connectivity index (χ0n) is 10.7. The van der Waals surface area contributed by atoms with Gasteiger partial charge in [-0.25, -0.2) is 4.39 Å². The summed E-state index contributed by atoms with van der Waals surface area (Å²) in [4.78, 5) is 24.6. The number of nitrogens with one attached hydrogen (secondary N) is 1. The molecule has 21 heavy (non-hydrogen) atoms. The molecule has 108 valence electrons. The number of ether oxygens (including phenoxy) is 1. The van der Waals surface area contributed by atoms with Gasteiger partial charge in [-0.1, -0.05) is 0 Å². The quantitative estimate of drug-likeness (QED) is 0.692. The Labute approximate surface area is 119 Å². The molecular weight excluding hydrogens is 302 g/mol. The van der Waals surface area contributed by atoms with Crippen molar-refractivity contribution in [2.24, 2.45) is 0 Å². The molecule has 0 saturated carbocycles. The Hall–Kier alpha value is -2.22. The number of pyridine rings is 1. The van der Waals surface area contributed by atoms with Gasteiger partial charge in [0.1, 0.15) is 16.8 Å². The predicted molar refractivity (Wildman–Crippen MR) is 74.3 cm³/mol. The molecule has 1 aromatic carbocycles. The van der Waals surface area contributed by atoms with Gasteiger partial charge in [0.25, 0.3) is 5.56 Å². The highest BCUT2D eigenvalue weighted by Crippen LogP contribution is 2.37. The Balaban J connectivity index is 2.43. The van der Waals surface area contributed by atoms with E-state index >= 15 is 0 Å². The monoisotopic (exact) mass is 310 g/mol. The van der Waals surface area contributed by atoms with Crippen LogP contribution in [0.3, 0.4) is 0 Å². The normalized spacial score (nSPS) is 17.4. The van der Waals surface area contributed by atoms with Crippen LogP contribution in [0.25, 0.3) is 21.1 Å². The first-order valence-electron chi connectivity index (χ1n) is 6.21. The zero-order chi connectivity index (χ0) is 14.9. The van der Waals surface area contributed by atoms with Crippen LogP contribution in [0.4, 0.5) is 8.78 Å². The van der Waals surface area contributed by atoms with Gasteiger partial charge in [0.15, 0.2) is 11.6 Å². The zero-order valence-corrected chi connectivity index (χ0v) is 11.5. The van der Waals surface area contributed by atoms with E-state index in [9.17, 15) is 18.4 Å². The van der Waals surface area contributed by atoms with Crippen molar-refractivity contribution in [1.82, 2.24) is 8.94 Å². The van der Waals surface area contributed by atoms with Crippen LogP contribution in [-0.4, -0.2) is 15.5 Å². The fourth-order valence-electron chi connectivity index (χ4n) is 2.74. The Morgan fingerprint density at radius 3 is 2.95 bits per heavy atom. The Morgan fingerprint density at radius 2 is 2.19 bits per heavy atom. The van der Waals surface area contributed by atoms with Crippen molar-refractivity contribution in [3.8, 4) is 5.75 Å². The van der Waals surface area contributed by atoms with Gasteiger partial charge in [-0.05, 0) is 24.5 Å². The standard InChI is InChI=1S/C13H8F2N2O3S/c1-4-3-20-11-8(15)6(14)2-5-9(11)17(4)13-7(10(5)18)12(19)16-21-13/h2,4H,3H2,1H3,(H,16,19). The first-order chi connectivity index (χ1) is 10.0. The van der Waals surface area contributed by atoms with Crippen molar-refractivity contribution in [1.29, 1.82) is 0 Å². The second-order valence-electron chi connectivity index (χ2n) is 4.97. The first-order valence-corrected chi connectivity index (χ1v) is 7.02. The van der Waals surface area contributed by atoms with E-state index in [2.05, 4.69) is 4.37 Å². The van der Waals surface area contributed by atoms with Gasteiger partial charge in [-0.2, -0.15) is 4.39 Å². The van der Waals surface area contributed by atoms with E-state index in [4.69, 9.17) is 4.74 Å². The van der Waals surface area contributed by atoms with Crippen molar-refractivity contribution in [2.45, 2.75) is 13.0 Å². The molecule has 4 rings (SSSR count). The lowest BCUT2D eigenvalue weighted by Crippen LogP contribution is -2.25. The highest BCUT2D eigenvalue weighted by atomic mass is 32.1. The second-order valence-corrected chi connectivity index (χ2v) is 5.77. The highest BCUT2D eigenvalue weighted by molar-refractivity contribution is 7.12. The SMILES string of the molecule is CC1COc2c(F)c(F)cc3c(=O)c4c(=O)[nH]sc4n1c23. The minimum absolute atomic E-state index is 0.0294. The molecule has 0 fully saturated rings. The second kappa shape index (κ2) is 3.91. The number of hydrogen-bond acceptors (Lipinski definition) is 4. The van der Waals surface area contributed by atoms with Crippen LogP contribution in [0.5, 0.6) is 5.75 Å². The van der Waals surface area contributed by atoms with E-state index < -0.39 is 22.6 Å². The number of H-pyrrole nitrogens is 1. The molecule has 1 aliphatic heterocycles. The van der Waals surface area contributed by atoms with Crippen molar-refractivity contribution < 1.29 is 13.5 Å². The number of aromatic nitrogens is 2. The number of halogens is 2. The van der Waals surface area contributed by atoms with Gasteiger partial charge in [0, 0.05) is 0 Å². The Morgan fingerprint density at radius 1 is 1.43 bits per heavy atom. The predicted octanol–water partition coefficient (Wildman–Crippen LogP) is 2.14. The number of rotatable bonds is 0. The lowest BCUT2D eigenvalue weighted by molar-refractivity contribution is 0.237. The number of fused-ring (bicyclic) bond motifs is 2. The first kappa shape index (κ1) is 12.5. The van der Waals surface area contributed by atoms with Crippen LogP contribution in [0.2, 0.25) is 0 Å². The number of nitrogens with zero attached hydrogens (tertiary/aromatic N) is 1. The number of aromatic amines is 1. The molecule has 2 aromatic heterocycles. The van der Waals surface area contributed by atoms with Gasteiger partial charge in [-0.15, -0.1) is 0 Å². The summed E-state index contributed by atoms with van der Waals surface area (Å²) < 4.78 is 37.0. The van der Waals surface area contributed by atoms with Crippen molar-refractivity contribution in [3.05, 3.63) is 38.3 Å². The summed E-state index contributed by atoms with van der Waals surface area (Å²) in [6.07, 6.45) is 0. The van der Waals surface area contributed by atoms with Crippen LogP contribution >= 0.6 is 11.5 Å². The summed E-state index contributed by atoms with van der Waals surface area (Å²) in [5.74, 6) is -2.56. The van der Waals surface area contributed by atoms with Crippen molar-refractivity contribution in [3.63, 3.8) is 0 Å². The maximum Gasteiger partial charge on any atom is 0.271 e. The topological polar surface area (TPSA) is 64.1 Å². The molecule has 1 unspecified atom stereocenters. The van der Waals surface area contributed by atoms with Gasteiger partial charge >= 0.3 is 0 Å². The summed E-state index contributed by atoms with van der Waals surface area (Å²) >= 11 is 1.00. The minimum atomic E-state index is -1.17. The van der Waals surface area contributed by atoms with Gasteiger partial charge in [-0.3, -0.25) is 14.0 Å². The summed E-state index contributed by atoms with van der Waals surface area (Å²) in [5, 5.41) is -0.0786. The van der Waals surface area contributed by atoms with Gasteiger partial charge in [0.2, 0.25) is 11.2 Å². The van der Waals surface area contributed by atoms with E-state index in [1.807, 2.05) is 6.92 Å². The molecule has 3 heterocycles. The third-order valence-corrected chi connectivity index (χ3v) is 4.55. The van der Waals surface area contributed by atoms with Crippen molar-refractivity contribution >= 4 is 32.7 Å². The summed E-state index contributed by atoms with van der Waals surface area (Å²) in [7, 11) is 0. The summed E-state index contributed by atoms with van der Waals surface area (Å²) in [5.41, 5.74) is -0.937. The maximum absolute atomic E-state index is 13.9. The molecule has 0 aliphatic carbocycles. The Kier molecular flexibility index (Phi) is 2.33. The number of hydrogen-bond donors (Lipinski definition) is 1. The fraction of sp³-hybridized carbons (Fsp3) is 0.231. The third-order valence-electron chi connectivity index (χ3n) is 3.67. The molecule has 0 bridgehead atoms. The molecule has 1 aliphatic rings. The molecule has 0 spiro atoms. The van der Waals surface area contributed by atoms with Gasteiger partial charge in [0.05, 0.1) is 16.9 Å². The average molecular weight is 310 g/mol. The number of benzene rings is 1. The summed E-state index contributed by atoms with van der Waals surface area (Å²) in [6, 6.07) is 0.615. The lowest BCUT2D eigenvalue weighted by atomic mass is 10.1. The average Bonchev–Trinajstić information content (AvgIpc) is 2.83. The van der Waals surface area contributed by atoms with Crippen LogP contribution in [0.1, 0.15) is 13.0 Å². The van der Waals surface area contributed by atoms with Crippen LogP contribution < -0.4 is 15.7 Å². The highest BCUT2D eigenvalue weighted by Gasteiger charge is 2.29. The molecule has 8 heteroatoms. The van der Waals surface area contributed by atoms with Gasteiger partial charge < -0.3 is 9.30 Å². The van der Waals surface area contributed by atoms with E-state index in [-0.39, 0.29) is 34.7 Å².